The van der Waals surface area contributed by atoms with Crippen LogP contribution < -0.4 is 10.6 Å². The molecular weight excluding hydrogens is 504 g/mol. The van der Waals surface area contributed by atoms with Gasteiger partial charge in [-0.15, -0.1) is 35.3 Å². The van der Waals surface area contributed by atoms with Crippen LogP contribution in [-0.4, -0.2) is 37.4 Å². The number of aliphatic imine (C=N–C) groups is 1. The van der Waals surface area contributed by atoms with Gasteiger partial charge in [0.1, 0.15) is 0 Å². The Balaban J connectivity index is 0.00000392. The maximum Gasteiger partial charge on any atom is 0.416 e. The van der Waals surface area contributed by atoms with E-state index in [1.54, 1.807) is 31.5 Å². The number of carbonyl (C=O) groups is 1. The molecule has 0 fully saturated rings. The Morgan fingerprint density at radius 2 is 1.93 bits per heavy atom. The van der Waals surface area contributed by atoms with Crippen molar-refractivity contribution in [2.45, 2.75) is 19.3 Å². The number of hydrogen-bond acceptors (Lipinski definition) is 3. The van der Waals surface area contributed by atoms with E-state index in [-0.39, 0.29) is 43.0 Å². The van der Waals surface area contributed by atoms with Crippen LogP contribution in [-0.2, 0) is 24.1 Å². The number of halogens is 4. The van der Waals surface area contributed by atoms with E-state index in [0.717, 1.165) is 17.0 Å². The van der Waals surface area contributed by atoms with Gasteiger partial charge in [-0.2, -0.15) is 13.2 Å². The second kappa shape index (κ2) is 11.2. The molecule has 0 bridgehead atoms. The molecule has 2 rings (SSSR count). The summed E-state index contributed by atoms with van der Waals surface area (Å²) in [6.45, 7) is 0.591. The average Bonchev–Trinajstić information content (AvgIpc) is 3.13. The maximum atomic E-state index is 12.8. The van der Waals surface area contributed by atoms with Crippen LogP contribution in [0.15, 0.2) is 46.8 Å². The molecule has 0 unspecified atom stereocenters. The highest BCUT2D eigenvalue weighted by atomic mass is 127. The van der Waals surface area contributed by atoms with Crippen LogP contribution in [0.3, 0.4) is 0 Å². The van der Waals surface area contributed by atoms with Gasteiger partial charge >= 0.3 is 6.18 Å². The van der Waals surface area contributed by atoms with Crippen LogP contribution >= 0.6 is 35.3 Å². The van der Waals surface area contributed by atoms with E-state index in [1.807, 2.05) is 17.5 Å². The number of nitrogens with one attached hydrogen (secondary N) is 2. The second-order valence-electron chi connectivity index (χ2n) is 5.94. The fourth-order valence-corrected chi connectivity index (χ4v) is 2.74. The predicted octanol–water partition coefficient (Wildman–Crippen LogP) is 3.71. The van der Waals surface area contributed by atoms with Gasteiger partial charge in [0.05, 0.1) is 25.2 Å². The zero-order valence-electron chi connectivity index (χ0n) is 15.4. The molecule has 2 N–H and O–H groups in total. The molecule has 0 aliphatic rings. The minimum atomic E-state index is -4.39. The van der Waals surface area contributed by atoms with Crippen molar-refractivity contribution in [2.24, 2.45) is 4.99 Å². The molecule has 10 heteroatoms. The van der Waals surface area contributed by atoms with Gasteiger partial charge in [0.2, 0.25) is 5.91 Å². The van der Waals surface area contributed by atoms with Crippen LogP contribution in [0.5, 0.6) is 0 Å². The number of hydrogen-bond donors (Lipinski definition) is 2. The largest absolute Gasteiger partial charge is 0.416 e. The first-order valence-corrected chi connectivity index (χ1v) is 9.04. The second-order valence-corrected chi connectivity index (χ2v) is 6.97. The molecule has 28 heavy (non-hydrogen) atoms. The Kier molecular flexibility index (Phi) is 9.73. The van der Waals surface area contributed by atoms with E-state index in [1.165, 1.54) is 11.0 Å². The number of rotatable bonds is 6. The van der Waals surface area contributed by atoms with Crippen molar-refractivity contribution in [3.63, 3.8) is 0 Å². The van der Waals surface area contributed by atoms with Crippen LogP contribution in [0, 0.1) is 0 Å². The van der Waals surface area contributed by atoms with E-state index in [4.69, 9.17) is 0 Å². The third-order valence-corrected chi connectivity index (χ3v) is 4.47. The van der Waals surface area contributed by atoms with Crippen LogP contribution in [0.1, 0.15) is 16.0 Å². The lowest BCUT2D eigenvalue weighted by Crippen LogP contribution is -2.42. The Morgan fingerprint density at radius 3 is 2.54 bits per heavy atom. The third-order valence-electron chi connectivity index (χ3n) is 3.59. The van der Waals surface area contributed by atoms with Crippen molar-refractivity contribution in [3.8, 4) is 0 Å². The highest BCUT2D eigenvalue weighted by Gasteiger charge is 2.30. The number of carbonyl (C=O) groups excluding carboxylic acids is 1. The molecule has 1 aromatic heterocycles. The molecule has 2 aromatic rings. The molecule has 0 aliphatic heterocycles. The highest BCUT2D eigenvalue weighted by Crippen LogP contribution is 2.29. The minimum Gasteiger partial charge on any atom is -0.351 e. The summed E-state index contributed by atoms with van der Waals surface area (Å²) in [6, 6.07) is 8.91. The molecule has 1 aromatic carbocycles. The first kappa shape index (κ1) is 24.2. The summed E-state index contributed by atoms with van der Waals surface area (Å²) in [4.78, 5) is 18.6. The van der Waals surface area contributed by atoms with Crippen LogP contribution in [0.4, 0.5) is 13.2 Å². The standard InChI is InChI=1S/C18H21F3N4OS.HI/c1-25(2)16(26)12-24-17(23-11-15-7-4-8-27-15)22-10-13-5-3-6-14(9-13)18(19,20)21;/h3-9H,10-12H2,1-2H3,(H2,22,23,24);1H. The summed E-state index contributed by atoms with van der Waals surface area (Å²) in [7, 11) is 3.28. The van der Waals surface area contributed by atoms with Crippen LogP contribution in [0.25, 0.3) is 0 Å². The fraction of sp³-hybridized carbons (Fsp3) is 0.333. The number of nitrogens with zero attached hydrogens (tertiary/aromatic N) is 2. The number of amides is 1. The summed E-state index contributed by atoms with van der Waals surface area (Å²) in [6.07, 6.45) is -4.39. The normalized spacial score (nSPS) is 11.5. The lowest BCUT2D eigenvalue weighted by molar-refractivity contribution is -0.137. The molecule has 1 amide bonds. The highest BCUT2D eigenvalue weighted by molar-refractivity contribution is 14.0. The van der Waals surface area contributed by atoms with E-state index < -0.39 is 11.7 Å². The minimum absolute atomic E-state index is 0. The van der Waals surface area contributed by atoms with Gasteiger partial charge in [-0.25, -0.2) is 4.99 Å². The van der Waals surface area contributed by atoms with E-state index in [0.29, 0.717) is 18.1 Å². The van der Waals surface area contributed by atoms with Crippen molar-refractivity contribution in [1.29, 1.82) is 0 Å². The molecular formula is C18H22F3IN4OS. The van der Waals surface area contributed by atoms with Gasteiger partial charge in [-0.3, -0.25) is 4.79 Å². The summed E-state index contributed by atoms with van der Waals surface area (Å²) in [5.41, 5.74) is -0.278. The first-order valence-electron chi connectivity index (χ1n) is 8.16. The smallest absolute Gasteiger partial charge is 0.351 e. The lowest BCUT2D eigenvalue weighted by Gasteiger charge is -2.15. The zero-order chi connectivity index (χ0) is 19.9. The summed E-state index contributed by atoms with van der Waals surface area (Å²) in [5.74, 6) is 0.218. The van der Waals surface area contributed by atoms with Crippen molar-refractivity contribution < 1.29 is 18.0 Å². The molecule has 0 aliphatic carbocycles. The number of benzene rings is 1. The first-order chi connectivity index (χ1) is 12.8. The Hall–Kier alpha value is -1.82. The number of likely N-dealkylation sites (N-methyl/N-ethyl adjacent to an activating group) is 1. The molecule has 1 heterocycles. The van der Waals surface area contributed by atoms with Gasteiger partial charge in [0.25, 0.3) is 0 Å². The fourth-order valence-electron chi connectivity index (χ4n) is 2.09. The molecule has 5 nitrogen and oxygen atoms in total. The SMILES string of the molecule is CN(C)C(=O)CNC(=NCc1cccc(C(F)(F)F)c1)NCc1cccs1.I. The van der Waals surface area contributed by atoms with Crippen molar-refractivity contribution in [3.05, 3.63) is 57.8 Å². The molecule has 0 spiro atoms. The molecule has 0 saturated carbocycles. The van der Waals surface area contributed by atoms with E-state index >= 15 is 0 Å². The third kappa shape index (κ3) is 8.05. The summed E-state index contributed by atoms with van der Waals surface area (Å²) >= 11 is 1.57. The van der Waals surface area contributed by atoms with Gasteiger partial charge < -0.3 is 15.5 Å². The maximum absolute atomic E-state index is 12.8. The average molecular weight is 526 g/mol. The molecule has 0 radical (unpaired) electrons. The lowest BCUT2D eigenvalue weighted by atomic mass is 10.1. The van der Waals surface area contributed by atoms with Crippen molar-refractivity contribution in [1.82, 2.24) is 15.5 Å². The van der Waals surface area contributed by atoms with E-state index in [9.17, 15) is 18.0 Å². The number of alkyl halides is 3. The number of guanidine groups is 1. The predicted molar refractivity (Wildman–Crippen MR) is 116 cm³/mol. The van der Waals surface area contributed by atoms with Gasteiger partial charge in [-0.1, -0.05) is 18.2 Å². The topological polar surface area (TPSA) is 56.7 Å². The Bertz CT molecular complexity index is 779. The molecule has 154 valence electrons. The van der Waals surface area contributed by atoms with Gasteiger partial charge in [0, 0.05) is 19.0 Å². The summed E-state index contributed by atoms with van der Waals surface area (Å²) < 4.78 is 38.5. The van der Waals surface area contributed by atoms with Crippen molar-refractivity contribution >= 4 is 47.2 Å². The quantitative estimate of drug-likeness (QED) is 0.343. The molecule has 0 saturated heterocycles. The van der Waals surface area contributed by atoms with Gasteiger partial charge in [-0.05, 0) is 29.1 Å². The van der Waals surface area contributed by atoms with E-state index in [2.05, 4.69) is 15.6 Å². The Labute approximate surface area is 183 Å². The molecule has 0 atom stereocenters. The zero-order valence-corrected chi connectivity index (χ0v) is 18.6. The summed E-state index contributed by atoms with van der Waals surface area (Å²) in [5, 5.41) is 7.94. The van der Waals surface area contributed by atoms with Crippen LogP contribution in [0.2, 0.25) is 0 Å². The number of thiophene rings is 1. The Morgan fingerprint density at radius 1 is 1.18 bits per heavy atom. The monoisotopic (exact) mass is 526 g/mol. The van der Waals surface area contributed by atoms with Crippen molar-refractivity contribution in [2.75, 3.05) is 20.6 Å². The van der Waals surface area contributed by atoms with Gasteiger partial charge in [0.15, 0.2) is 5.96 Å².